The zero-order chi connectivity index (χ0) is 12.3. The van der Waals surface area contributed by atoms with E-state index in [4.69, 9.17) is 4.74 Å². The molecule has 2 heteroatoms. The van der Waals surface area contributed by atoms with Crippen molar-refractivity contribution in [1.29, 1.82) is 0 Å². The van der Waals surface area contributed by atoms with Gasteiger partial charge in [0, 0.05) is 6.04 Å². The first-order valence-corrected chi connectivity index (χ1v) is 7.42. The quantitative estimate of drug-likeness (QED) is 0.614. The summed E-state index contributed by atoms with van der Waals surface area (Å²) < 4.78 is 5.45. The number of nitrogens with one attached hydrogen (secondary N) is 1. The van der Waals surface area contributed by atoms with Crippen LogP contribution in [-0.4, -0.2) is 19.2 Å². The maximum atomic E-state index is 5.45. The van der Waals surface area contributed by atoms with E-state index in [9.17, 15) is 0 Å². The van der Waals surface area contributed by atoms with Gasteiger partial charge in [0.05, 0.1) is 12.9 Å². The zero-order valence-electron chi connectivity index (χ0n) is 11.6. The van der Waals surface area contributed by atoms with Crippen LogP contribution in [0.2, 0.25) is 0 Å². The molecule has 0 saturated heterocycles. The van der Waals surface area contributed by atoms with Crippen molar-refractivity contribution in [3.05, 3.63) is 11.8 Å². The van der Waals surface area contributed by atoms with Crippen LogP contribution in [0.1, 0.15) is 65.2 Å². The second-order valence-corrected chi connectivity index (χ2v) is 4.98. The van der Waals surface area contributed by atoms with Crippen LogP contribution in [0.3, 0.4) is 0 Å². The van der Waals surface area contributed by atoms with Gasteiger partial charge in [-0.3, -0.25) is 0 Å². The highest BCUT2D eigenvalue weighted by molar-refractivity contribution is 5.09. The van der Waals surface area contributed by atoms with E-state index in [-0.39, 0.29) is 0 Å². The van der Waals surface area contributed by atoms with Crippen molar-refractivity contribution in [3.8, 4) is 0 Å². The lowest BCUT2D eigenvalue weighted by molar-refractivity contribution is 0.218. The maximum absolute atomic E-state index is 5.45. The van der Waals surface area contributed by atoms with E-state index < -0.39 is 0 Å². The van der Waals surface area contributed by atoms with Crippen LogP contribution >= 0.6 is 0 Å². The molecule has 0 amide bonds. The minimum atomic E-state index is 0.557. The van der Waals surface area contributed by atoms with E-state index in [2.05, 4.69) is 19.2 Å². The average molecular weight is 239 g/mol. The zero-order valence-corrected chi connectivity index (χ0v) is 11.6. The number of ether oxygens (including phenoxy) is 1. The summed E-state index contributed by atoms with van der Waals surface area (Å²) in [5, 5.41) is 3.59. The molecule has 0 spiro atoms. The summed E-state index contributed by atoms with van der Waals surface area (Å²) in [5.41, 5.74) is 1.48. The first kappa shape index (κ1) is 14.6. The minimum Gasteiger partial charge on any atom is -0.501 e. The molecular formula is C15H29NO. The Kier molecular flexibility index (Phi) is 8.16. The normalized spacial score (nSPS) is 17.4. The highest BCUT2D eigenvalue weighted by atomic mass is 16.5. The smallest absolute Gasteiger partial charge is 0.0876 e. The molecule has 1 heterocycles. The Bertz CT molecular complexity index is 213. The molecular weight excluding hydrogens is 210 g/mol. The van der Waals surface area contributed by atoms with Gasteiger partial charge < -0.3 is 10.1 Å². The van der Waals surface area contributed by atoms with Gasteiger partial charge in [-0.15, -0.1) is 0 Å². The van der Waals surface area contributed by atoms with Crippen molar-refractivity contribution in [2.75, 3.05) is 13.2 Å². The first-order valence-electron chi connectivity index (χ1n) is 7.42. The summed E-state index contributed by atoms with van der Waals surface area (Å²) >= 11 is 0. The molecule has 2 nitrogen and oxygen atoms in total. The molecule has 0 fully saturated rings. The summed E-state index contributed by atoms with van der Waals surface area (Å²) in [6, 6.07) is 0.557. The van der Waals surface area contributed by atoms with Crippen LogP contribution in [-0.2, 0) is 4.74 Å². The fraction of sp³-hybridized carbons (Fsp3) is 0.867. The van der Waals surface area contributed by atoms with Crippen molar-refractivity contribution in [1.82, 2.24) is 5.32 Å². The number of hydrogen-bond donors (Lipinski definition) is 1. The van der Waals surface area contributed by atoms with Crippen LogP contribution < -0.4 is 5.32 Å². The van der Waals surface area contributed by atoms with Gasteiger partial charge in [0.1, 0.15) is 0 Å². The number of hydrogen-bond acceptors (Lipinski definition) is 2. The fourth-order valence-corrected chi connectivity index (χ4v) is 2.46. The third-order valence-electron chi connectivity index (χ3n) is 3.46. The lowest BCUT2D eigenvalue weighted by atomic mass is 9.96. The highest BCUT2D eigenvalue weighted by Crippen LogP contribution is 2.20. The van der Waals surface area contributed by atoms with E-state index in [1.165, 1.54) is 56.9 Å². The molecule has 0 aromatic rings. The van der Waals surface area contributed by atoms with Gasteiger partial charge in [-0.1, -0.05) is 46.0 Å². The second kappa shape index (κ2) is 9.52. The van der Waals surface area contributed by atoms with Crippen LogP contribution in [0.5, 0.6) is 0 Å². The number of rotatable bonds is 9. The lowest BCUT2D eigenvalue weighted by Gasteiger charge is -2.24. The van der Waals surface area contributed by atoms with Crippen LogP contribution in [0, 0.1) is 0 Å². The molecule has 1 aliphatic heterocycles. The number of likely N-dealkylation sites (N-methyl/N-ethyl adjacent to an activating group) is 1. The predicted octanol–water partition coefficient (Wildman–Crippen LogP) is 4.02. The predicted molar refractivity (Wildman–Crippen MR) is 74.1 cm³/mol. The lowest BCUT2D eigenvalue weighted by Crippen LogP contribution is -2.31. The number of unbranched alkanes of at least 4 members (excludes halogenated alkanes) is 4. The topological polar surface area (TPSA) is 21.3 Å². The van der Waals surface area contributed by atoms with E-state index in [0.29, 0.717) is 6.04 Å². The Morgan fingerprint density at radius 3 is 2.71 bits per heavy atom. The molecule has 0 radical (unpaired) electrons. The molecule has 1 atom stereocenters. The van der Waals surface area contributed by atoms with E-state index >= 15 is 0 Å². The SMILES string of the molecule is CCCCCCCC(NCC)C1=COCCC1. The molecule has 0 saturated carbocycles. The molecule has 0 bridgehead atoms. The summed E-state index contributed by atoms with van der Waals surface area (Å²) in [7, 11) is 0. The van der Waals surface area contributed by atoms with Gasteiger partial charge in [0.2, 0.25) is 0 Å². The Labute approximate surface area is 107 Å². The highest BCUT2D eigenvalue weighted by Gasteiger charge is 2.15. The van der Waals surface area contributed by atoms with Crippen LogP contribution in [0.15, 0.2) is 11.8 Å². The molecule has 0 aromatic carbocycles. The summed E-state index contributed by atoms with van der Waals surface area (Å²) in [6.07, 6.45) is 12.5. The largest absolute Gasteiger partial charge is 0.501 e. The summed E-state index contributed by atoms with van der Waals surface area (Å²) in [6.45, 7) is 6.41. The second-order valence-electron chi connectivity index (χ2n) is 4.98. The van der Waals surface area contributed by atoms with Gasteiger partial charge in [0.15, 0.2) is 0 Å². The van der Waals surface area contributed by atoms with Crippen molar-refractivity contribution >= 4 is 0 Å². The van der Waals surface area contributed by atoms with Crippen LogP contribution in [0.25, 0.3) is 0 Å². The Morgan fingerprint density at radius 1 is 1.24 bits per heavy atom. The van der Waals surface area contributed by atoms with Gasteiger partial charge in [-0.05, 0) is 31.4 Å². The third-order valence-corrected chi connectivity index (χ3v) is 3.46. The minimum absolute atomic E-state index is 0.557. The monoisotopic (exact) mass is 239 g/mol. The summed E-state index contributed by atoms with van der Waals surface area (Å²) in [4.78, 5) is 0. The van der Waals surface area contributed by atoms with Gasteiger partial charge in [-0.25, -0.2) is 0 Å². The van der Waals surface area contributed by atoms with Crippen molar-refractivity contribution < 1.29 is 4.74 Å². The Balaban J connectivity index is 2.24. The third kappa shape index (κ3) is 6.11. The molecule has 1 unspecified atom stereocenters. The van der Waals surface area contributed by atoms with E-state index in [1.54, 1.807) is 0 Å². The molecule has 1 N–H and O–H groups in total. The van der Waals surface area contributed by atoms with Crippen molar-refractivity contribution in [3.63, 3.8) is 0 Å². The van der Waals surface area contributed by atoms with Gasteiger partial charge >= 0.3 is 0 Å². The molecule has 1 rings (SSSR count). The van der Waals surface area contributed by atoms with Crippen LogP contribution in [0.4, 0.5) is 0 Å². The molecule has 100 valence electrons. The Hall–Kier alpha value is -0.500. The molecule has 0 aromatic heterocycles. The van der Waals surface area contributed by atoms with E-state index in [1.807, 2.05) is 6.26 Å². The molecule has 17 heavy (non-hydrogen) atoms. The standard InChI is InChI=1S/C15H29NO/c1-3-5-6-7-8-11-15(16-4-2)14-10-9-12-17-13-14/h13,15-16H,3-12H2,1-2H3. The first-order chi connectivity index (χ1) is 8.38. The maximum Gasteiger partial charge on any atom is 0.0876 e. The van der Waals surface area contributed by atoms with Gasteiger partial charge in [-0.2, -0.15) is 0 Å². The summed E-state index contributed by atoms with van der Waals surface area (Å²) in [5.74, 6) is 0. The van der Waals surface area contributed by atoms with E-state index in [0.717, 1.165) is 13.2 Å². The van der Waals surface area contributed by atoms with Gasteiger partial charge in [0.25, 0.3) is 0 Å². The Morgan fingerprint density at radius 2 is 2.06 bits per heavy atom. The van der Waals surface area contributed by atoms with Crippen molar-refractivity contribution in [2.24, 2.45) is 0 Å². The van der Waals surface area contributed by atoms with Crippen molar-refractivity contribution in [2.45, 2.75) is 71.3 Å². The molecule has 1 aliphatic rings. The average Bonchev–Trinajstić information content (AvgIpc) is 2.38. The fourth-order valence-electron chi connectivity index (χ4n) is 2.46. The molecule has 0 aliphatic carbocycles.